The lowest BCUT2D eigenvalue weighted by Crippen LogP contribution is -2.39. The van der Waals surface area contributed by atoms with Gasteiger partial charge in [-0.15, -0.1) is 0 Å². The molecule has 0 bridgehead atoms. The van der Waals surface area contributed by atoms with Crippen molar-refractivity contribution in [1.82, 2.24) is 10.1 Å². The maximum atomic E-state index is 13.2. The van der Waals surface area contributed by atoms with E-state index in [1.165, 1.54) is 6.07 Å². The number of aromatic nitrogens is 2. The van der Waals surface area contributed by atoms with Gasteiger partial charge in [-0.1, -0.05) is 5.16 Å². The molecule has 0 radical (unpaired) electrons. The van der Waals surface area contributed by atoms with Gasteiger partial charge >= 0.3 is 0 Å². The van der Waals surface area contributed by atoms with Crippen LogP contribution in [0.5, 0.6) is 0 Å². The molecule has 0 aliphatic carbocycles. The molecule has 7 heteroatoms. The summed E-state index contributed by atoms with van der Waals surface area (Å²) < 4.78 is 24.0. The molecule has 5 nitrogen and oxygen atoms in total. The number of benzene rings is 1. The molecular formula is C13H15BrFN3O2. The van der Waals surface area contributed by atoms with Gasteiger partial charge in [-0.2, -0.15) is 4.98 Å². The third-order valence-corrected chi connectivity index (χ3v) is 3.32. The number of hydrogen-bond acceptors (Lipinski definition) is 5. The minimum absolute atomic E-state index is 0.286. The van der Waals surface area contributed by atoms with Gasteiger partial charge in [-0.25, -0.2) is 4.39 Å². The maximum absolute atomic E-state index is 13.2. The second kappa shape index (κ2) is 5.99. The molecule has 1 heterocycles. The van der Waals surface area contributed by atoms with Crippen molar-refractivity contribution in [2.24, 2.45) is 5.73 Å². The van der Waals surface area contributed by atoms with Gasteiger partial charge in [-0.05, 0) is 48.0 Å². The van der Waals surface area contributed by atoms with Gasteiger partial charge in [0.15, 0.2) is 5.82 Å². The number of nitrogens with zero attached hydrogens (tertiary/aromatic N) is 2. The largest absolute Gasteiger partial charge is 0.379 e. The van der Waals surface area contributed by atoms with Crippen LogP contribution in [0.3, 0.4) is 0 Å². The highest BCUT2D eigenvalue weighted by atomic mass is 79.9. The van der Waals surface area contributed by atoms with E-state index in [9.17, 15) is 4.39 Å². The van der Waals surface area contributed by atoms with E-state index in [0.717, 1.165) is 0 Å². The number of halogens is 2. The van der Waals surface area contributed by atoms with Gasteiger partial charge in [-0.3, -0.25) is 0 Å². The van der Waals surface area contributed by atoms with Crippen molar-refractivity contribution < 1.29 is 13.7 Å². The van der Waals surface area contributed by atoms with E-state index in [-0.39, 0.29) is 18.3 Å². The molecule has 0 fully saturated rings. The van der Waals surface area contributed by atoms with Crippen molar-refractivity contribution in [3.05, 3.63) is 34.3 Å². The third kappa shape index (κ3) is 3.23. The Morgan fingerprint density at radius 2 is 2.25 bits per heavy atom. The summed E-state index contributed by atoms with van der Waals surface area (Å²) in [6.45, 7) is 4.49. The Hall–Kier alpha value is -1.31. The first kappa shape index (κ1) is 15.1. The Morgan fingerprint density at radius 1 is 1.50 bits per heavy atom. The van der Waals surface area contributed by atoms with Crippen molar-refractivity contribution >= 4 is 15.9 Å². The molecule has 0 saturated heterocycles. The van der Waals surface area contributed by atoms with E-state index in [1.54, 1.807) is 19.1 Å². The molecule has 1 aromatic heterocycles. The van der Waals surface area contributed by atoms with E-state index in [0.29, 0.717) is 22.5 Å². The first-order valence-corrected chi connectivity index (χ1v) is 6.89. The lowest BCUT2D eigenvalue weighted by Gasteiger charge is -2.19. The number of ether oxygens (including phenoxy) is 1. The maximum Gasteiger partial charge on any atom is 0.258 e. The van der Waals surface area contributed by atoms with Gasteiger partial charge in [0.05, 0.1) is 11.1 Å². The summed E-state index contributed by atoms with van der Waals surface area (Å²) in [5.74, 6) is 0.281. The Balaban J connectivity index is 2.26. The molecule has 2 N–H and O–H groups in total. The van der Waals surface area contributed by atoms with Crippen LogP contribution in [0.25, 0.3) is 11.5 Å². The lowest BCUT2D eigenvalue weighted by molar-refractivity contribution is 0.0962. The summed E-state index contributed by atoms with van der Waals surface area (Å²) in [5.41, 5.74) is 5.87. The van der Waals surface area contributed by atoms with Crippen LogP contribution in [0.1, 0.15) is 19.7 Å². The van der Waals surface area contributed by atoms with E-state index in [1.807, 2.05) is 6.92 Å². The molecule has 20 heavy (non-hydrogen) atoms. The molecule has 0 saturated carbocycles. The fourth-order valence-electron chi connectivity index (χ4n) is 1.58. The van der Waals surface area contributed by atoms with Gasteiger partial charge < -0.3 is 15.0 Å². The topological polar surface area (TPSA) is 74.2 Å². The number of hydrogen-bond donors (Lipinski definition) is 1. The first-order valence-electron chi connectivity index (χ1n) is 6.10. The van der Waals surface area contributed by atoms with E-state index in [2.05, 4.69) is 26.1 Å². The number of nitrogens with two attached hydrogens (primary N) is 1. The van der Waals surface area contributed by atoms with E-state index in [4.69, 9.17) is 15.0 Å². The fraction of sp³-hybridized carbons (Fsp3) is 0.385. The molecule has 2 rings (SSSR count). The third-order valence-electron chi connectivity index (χ3n) is 2.71. The molecule has 1 aromatic carbocycles. The minimum atomic E-state index is -0.838. The van der Waals surface area contributed by atoms with Crippen LogP contribution in [0.15, 0.2) is 27.2 Å². The van der Waals surface area contributed by atoms with Gasteiger partial charge in [0.1, 0.15) is 11.4 Å². The zero-order valence-corrected chi connectivity index (χ0v) is 12.8. The Morgan fingerprint density at radius 3 is 2.90 bits per heavy atom. The molecule has 108 valence electrons. The predicted molar refractivity (Wildman–Crippen MR) is 75.4 cm³/mol. The molecule has 0 aliphatic heterocycles. The molecular weight excluding hydrogens is 329 g/mol. The normalized spacial score (nSPS) is 14.2. The van der Waals surface area contributed by atoms with Crippen molar-refractivity contribution in [3.8, 4) is 11.5 Å². The quantitative estimate of drug-likeness (QED) is 0.903. The highest BCUT2D eigenvalue weighted by Gasteiger charge is 2.28. The molecule has 1 atom stereocenters. The molecule has 2 aromatic rings. The van der Waals surface area contributed by atoms with E-state index < -0.39 is 5.54 Å². The van der Waals surface area contributed by atoms with Crippen LogP contribution in [0.4, 0.5) is 4.39 Å². The average Bonchev–Trinajstić information content (AvgIpc) is 2.90. The summed E-state index contributed by atoms with van der Waals surface area (Å²) >= 11 is 3.11. The second-order valence-electron chi connectivity index (χ2n) is 4.61. The summed E-state index contributed by atoms with van der Waals surface area (Å²) in [5, 5.41) is 3.87. The van der Waals surface area contributed by atoms with Gasteiger partial charge in [0, 0.05) is 12.2 Å². The zero-order chi connectivity index (χ0) is 14.8. The summed E-state index contributed by atoms with van der Waals surface area (Å²) in [6.07, 6.45) is 0. The second-order valence-corrected chi connectivity index (χ2v) is 5.46. The van der Waals surface area contributed by atoms with Crippen LogP contribution in [0, 0.1) is 5.82 Å². The van der Waals surface area contributed by atoms with Crippen molar-refractivity contribution in [2.75, 3.05) is 13.2 Å². The number of rotatable bonds is 5. The van der Waals surface area contributed by atoms with Crippen LogP contribution >= 0.6 is 15.9 Å². The smallest absolute Gasteiger partial charge is 0.258 e. The molecule has 0 aliphatic rings. The highest BCUT2D eigenvalue weighted by molar-refractivity contribution is 9.10. The predicted octanol–water partition coefficient (Wildman–Crippen LogP) is 2.85. The highest BCUT2D eigenvalue weighted by Crippen LogP contribution is 2.25. The Kier molecular flexibility index (Phi) is 4.52. The Bertz CT molecular complexity index is 601. The minimum Gasteiger partial charge on any atom is -0.379 e. The van der Waals surface area contributed by atoms with Crippen LogP contribution in [0.2, 0.25) is 0 Å². The van der Waals surface area contributed by atoms with E-state index >= 15 is 0 Å². The van der Waals surface area contributed by atoms with Gasteiger partial charge in [0.25, 0.3) is 5.89 Å². The molecule has 1 unspecified atom stereocenters. The zero-order valence-electron chi connectivity index (χ0n) is 11.2. The summed E-state index contributed by atoms with van der Waals surface area (Å²) in [4.78, 5) is 4.25. The van der Waals surface area contributed by atoms with Crippen molar-refractivity contribution in [1.29, 1.82) is 0 Å². The SMILES string of the molecule is CCOCC(C)(N)c1noc(-c2ccc(F)c(Br)c2)n1. The molecule has 0 amide bonds. The first-order chi connectivity index (χ1) is 9.44. The summed E-state index contributed by atoms with van der Waals surface area (Å²) in [6, 6.07) is 4.46. The standard InChI is InChI=1S/C13H15BrFN3O2/c1-3-19-7-13(2,16)12-17-11(20-18-12)8-4-5-10(15)9(14)6-8/h4-6H,3,7,16H2,1-2H3. The van der Waals surface area contributed by atoms with Crippen molar-refractivity contribution in [2.45, 2.75) is 19.4 Å². The monoisotopic (exact) mass is 343 g/mol. The fourth-order valence-corrected chi connectivity index (χ4v) is 1.96. The average molecular weight is 344 g/mol. The van der Waals surface area contributed by atoms with Crippen molar-refractivity contribution in [3.63, 3.8) is 0 Å². The van der Waals surface area contributed by atoms with Gasteiger partial charge in [0.2, 0.25) is 0 Å². The summed E-state index contributed by atoms with van der Waals surface area (Å²) in [7, 11) is 0. The Labute approximate surface area is 124 Å². The van der Waals surface area contributed by atoms with Crippen LogP contribution in [-0.2, 0) is 10.3 Å². The molecule has 0 spiro atoms. The van der Waals surface area contributed by atoms with Crippen LogP contribution in [-0.4, -0.2) is 23.4 Å². The lowest BCUT2D eigenvalue weighted by atomic mass is 10.1. The van der Waals surface area contributed by atoms with Crippen LogP contribution < -0.4 is 5.73 Å².